The Labute approximate surface area is 146 Å². The van der Waals surface area contributed by atoms with Crippen LogP contribution in [0.5, 0.6) is 0 Å². The lowest BCUT2D eigenvalue weighted by Crippen LogP contribution is -2.39. The third-order valence-electron chi connectivity index (χ3n) is 4.76. The molecule has 1 atom stereocenters. The number of rotatable bonds is 5. The molecule has 0 N–H and O–H groups in total. The van der Waals surface area contributed by atoms with E-state index in [1.165, 1.54) is 10.9 Å². The molecule has 3 heterocycles. The first-order valence-corrected chi connectivity index (χ1v) is 8.79. The van der Waals surface area contributed by atoms with E-state index in [1.807, 2.05) is 4.90 Å². The van der Waals surface area contributed by atoms with E-state index < -0.39 is 0 Å². The molecule has 0 saturated carbocycles. The molecule has 1 aliphatic heterocycles. The van der Waals surface area contributed by atoms with Crippen LogP contribution in [0.4, 0.5) is 0 Å². The van der Waals surface area contributed by atoms with Gasteiger partial charge in [-0.1, -0.05) is 6.92 Å². The van der Waals surface area contributed by atoms with E-state index in [4.69, 9.17) is 9.15 Å². The second kappa shape index (κ2) is 7.39. The van der Waals surface area contributed by atoms with Gasteiger partial charge in [-0.3, -0.25) is 14.2 Å². The first-order valence-electron chi connectivity index (χ1n) is 8.79. The maximum Gasteiger partial charge on any atom is 0.265 e. The van der Waals surface area contributed by atoms with Crippen LogP contribution < -0.4 is 5.56 Å². The number of piperidine rings is 1. The minimum atomic E-state index is -0.230. The first kappa shape index (κ1) is 17.7. The van der Waals surface area contributed by atoms with Crippen LogP contribution >= 0.6 is 0 Å². The Bertz CT molecular complexity index is 824. The predicted molar refractivity (Wildman–Crippen MR) is 93.8 cm³/mol. The number of nitrogens with zero attached hydrogens (tertiary/aromatic N) is 3. The highest BCUT2D eigenvalue weighted by atomic mass is 16.5. The van der Waals surface area contributed by atoms with Gasteiger partial charge >= 0.3 is 0 Å². The summed E-state index contributed by atoms with van der Waals surface area (Å²) in [6.07, 6.45) is 4.29. The maximum absolute atomic E-state index is 13.0. The quantitative estimate of drug-likeness (QED) is 0.775. The van der Waals surface area contributed by atoms with Crippen molar-refractivity contribution in [2.24, 2.45) is 5.92 Å². The normalized spacial score (nSPS) is 18.0. The van der Waals surface area contributed by atoms with Gasteiger partial charge in [0, 0.05) is 33.4 Å². The molecule has 7 nitrogen and oxygen atoms in total. The minimum Gasteiger partial charge on any atom is -0.442 e. The summed E-state index contributed by atoms with van der Waals surface area (Å²) in [6, 6.07) is 0. The minimum absolute atomic E-state index is 0.128. The Morgan fingerprint density at radius 2 is 2.28 bits per heavy atom. The van der Waals surface area contributed by atoms with Crippen molar-refractivity contribution in [2.75, 3.05) is 26.8 Å². The second-order valence-electron chi connectivity index (χ2n) is 6.80. The van der Waals surface area contributed by atoms with Gasteiger partial charge in [-0.25, -0.2) is 4.98 Å². The van der Waals surface area contributed by atoms with E-state index in [0.29, 0.717) is 48.7 Å². The zero-order valence-corrected chi connectivity index (χ0v) is 15.1. The van der Waals surface area contributed by atoms with E-state index >= 15 is 0 Å². The average Bonchev–Trinajstić information content (AvgIpc) is 2.93. The fourth-order valence-corrected chi connectivity index (χ4v) is 3.47. The fraction of sp³-hybridized carbons (Fsp3) is 0.611. The Kier molecular flexibility index (Phi) is 5.22. The molecule has 2 aromatic heterocycles. The zero-order chi connectivity index (χ0) is 18.0. The second-order valence-corrected chi connectivity index (χ2v) is 6.80. The summed E-state index contributed by atoms with van der Waals surface area (Å²) in [5, 5.41) is 0.292. The molecule has 1 amide bonds. The van der Waals surface area contributed by atoms with E-state index in [1.54, 1.807) is 14.0 Å². The lowest BCUT2D eigenvalue weighted by atomic mass is 9.99. The average molecular weight is 347 g/mol. The molecular formula is C18H25N3O4. The Morgan fingerprint density at radius 1 is 1.48 bits per heavy atom. The van der Waals surface area contributed by atoms with Crippen LogP contribution in [0.25, 0.3) is 11.1 Å². The van der Waals surface area contributed by atoms with Gasteiger partial charge in [0.05, 0.1) is 5.56 Å². The number of carbonyl (C=O) groups is 1. The van der Waals surface area contributed by atoms with Crippen LogP contribution in [0.2, 0.25) is 0 Å². The molecule has 0 aliphatic carbocycles. The molecule has 0 aromatic carbocycles. The van der Waals surface area contributed by atoms with Crippen molar-refractivity contribution in [3.8, 4) is 0 Å². The molecule has 1 saturated heterocycles. The van der Waals surface area contributed by atoms with Crippen LogP contribution in [0.1, 0.15) is 42.3 Å². The molecule has 136 valence electrons. The number of aryl methyl sites for hydroxylation is 2. The lowest BCUT2D eigenvalue weighted by molar-refractivity contribution is 0.0683. The molecule has 0 bridgehead atoms. The van der Waals surface area contributed by atoms with Gasteiger partial charge < -0.3 is 14.1 Å². The Morgan fingerprint density at radius 3 is 3.00 bits per heavy atom. The van der Waals surface area contributed by atoms with Crippen molar-refractivity contribution >= 4 is 17.0 Å². The number of carbonyl (C=O) groups excluding carboxylic acids is 1. The number of likely N-dealkylation sites (tertiary alicyclic amines) is 1. The first-order chi connectivity index (χ1) is 12.0. The molecule has 25 heavy (non-hydrogen) atoms. The van der Waals surface area contributed by atoms with Gasteiger partial charge in [-0.15, -0.1) is 0 Å². The van der Waals surface area contributed by atoms with Gasteiger partial charge in [0.1, 0.15) is 17.5 Å². The zero-order valence-electron chi connectivity index (χ0n) is 15.1. The van der Waals surface area contributed by atoms with E-state index in [0.717, 1.165) is 19.4 Å². The van der Waals surface area contributed by atoms with E-state index in [2.05, 4.69) is 11.9 Å². The van der Waals surface area contributed by atoms with Gasteiger partial charge in [0.2, 0.25) is 5.71 Å². The summed E-state index contributed by atoms with van der Waals surface area (Å²) in [6.45, 7) is 6.35. The number of amides is 1. The summed E-state index contributed by atoms with van der Waals surface area (Å²) < 4.78 is 12.2. The Balaban J connectivity index is 1.99. The molecule has 1 fully saturated rings. The number of hydrogen-bond acceptors (Lipinski definition) is 5. The highest BCUT2D eigenvalue weighted by molar-refractivity contribution is 6.06. The SMILES string of the molecule is COCCCn1cnc2oc(C)c(C(=O)N3CCCC(C)C3)c2c1=O. The molecule has 3 rings (SSSR count). The monoisotopic (exact) mass is 347 g/mol. The summed E-state index contributed by atoms with van der Waals surface area (Å²) in [5.74, 6) is 0.800. The summed E-state index contributed by atoms with van der Waals surface area (Å²) >= 11 is 0. The molecule has 7 heteroatoms. The highest BCUT2D eigenvalue weighted by Gasteiger charge is 2.29. The van der Waals surface area contributed by atoms with Gasteiger partial charge in [0.25, 0.3) is 11.5 Å². The van der Waals surface area contributed by atoms with Gasteiger partial charge in [0.15, 0.2) is 0 Å². The van der Waals surface area contributed by atoms with Crippen LogP contribution in [-0.2, 0) is 11.3 Å². The predicted octanol–water partition coefficient (Wildman–Crippen LogP) is 2.21. The third-order valence-corrected chi connectivity index (χ3v) is 4.76. The summed E-state index contributed by atoms with van der Waals surface area (Å²) in [7, 11) is 1.63. The topological polar surface area (TPSA) is 77.6 Å². The standard InChI is InChI=1S/C18H25N3O4/c1-12-6-4-7-20(10-12)17(22)14-13(2)25-16-15(14)18(23)21(11-19-16)8-5-9-24-3/h11-12H,4-10H2,1-3H3. The number of methoxy groups -OCH3 is 1. The summed E-state index contributed by atoms with van der Waals surface area (Å²) in [5.41, 5.74) is 0.368. The third kappa shape index (κ3) is 3.46. The van der Waals surface area contributed by atoms with Crippen molar-refractivity contribution in [1.29, 1.82) is 0 Å². The van der Waals surface area contributed by atoms with Gasteiger partial charge in [-0.05, 0) is 32.1 Å². The maximum atomic E-state index is 13.0. The van der Waals surface area contributed by atoms with Crippen LogP contribution in [0.3, 0.4) is 0 Å². The number of fused-ring (bicyclic) bond motifs is 1. The van der Waals surface area contributed by atoms with Crippen molar-refractivity contribution < 1.29 is 13.9 Å². The van der Waals surface area contributed by atoms with Gasteiger partial charge in [-0.2, -0.15) is 0 Å². The molecule has 0 radical (unpaired) electrons. The fourth-order valence-electron chi connectivity index (χ4n) is 3.47. The lowest BCUT2D eigenvalue weighted by Gasteiger charge is -2.30. The summed E-state index contributed by atoms with van der Waals surface area (Å²) in [4.78, 5) is 32.0. The molecule has 0 spiro atoms. The van der Waals surface area contributed by atoms with Crippen LogP contribution in [-0.4, -0.2) is 47.2 Å². The largest absolute Gasteiger partial charge is 0.442 e. The van der Waals surface area contributed by atoms with Crippen LogP contribution in [0.15, 0.2) is 15.5 Å². The molecule has 2 aromatic rings. The smallest absolute Gasteiger partial charge is 0.265 e. The molecule has 1 unspecified atom stereocenters. The molecular weight excluding hydrogens is 322 g/mol. The van der Waals surface area contributed by atoms with Crippen molar-refractivity contribution in [3.63, 3.8) is 0 Å². The van der Waals surface area contributed by atoms with Crippen molar-refractivity contribution in [1.82, 2.24) is 14.5 Å². The van der Waals surface area contributed by atoms with Crippen molar-refractivity contribution in [3.05, 3.63) is 28.0 Å². The number of hydrogen-bond donors (Lipinski definition) is 0. The number of aromatic nitrogens is 2. The number of ether oxygens (including phenoxy) is 1. The van der Waals surface area contributed by atoms with Crippen LogP contribution in [0, 0.1) is 12.8 Å². The number of furan rings is 1. The molecule has 1 aliphatic rings. The van der Waals surface area contributed by atoms with E-state index in [9.17, 15) is 9.59 Å². The van der Waals surface area contributed by atoms with E-state index in [-0.39, 0.29) is 17.2 Å². The van der Waals surface area contributed by atoms with Crippen molar-refractivity contribution in [2.45, 2.75) is 39.7 Å². The Hall–Kier alpha value is -2.15. The highest BCUT2D eigenvalue weighted by Crippen LogP contribution is 2.25.